The SMILES string of the molecule is O=C(COc1c(F)c(F)c(F)c(F)c1F)Nc1nonc1-c1ccc(Cl)cc1. The normalized spacial score (nSPS) is 10.8. The molecule has 0 saturated carbocycles. The van der Waals surface area contributed by atoms with Crippen LogP contribution in [0.5, 0.6) is 5.75 Å². The van der Waals surface area contributed by atoms with Gasteiger partial charge in [-0.3, -0.25) is 4.79 Å². The first-order chi connectivity index (χ1) is 13.3. The van der Waals surface area contributed by atoms with Crippen molar-refractivity contribution in [1.29, 1.82) is 0 Å². The van der Waals surface area contributed by atoms with E-state index in [0.717, 1.165) is 0 Å². The third-order valence-corrected chi connectivity index (χ3v) is 3.63. The summed E-state index contributed by atoms with van der Waals surface area (Å²) in [5.74, 6) is -13.9. The maximum absolute atomic E-state index is 13.5. The number of nitrogens with zero attached hydrogens (tertiary/aromatic N) is 2. The zero-order valence-electron chi connectivity index (χ0n) is 13.4. The lowest BCUT2D eigenvalue weighted by Crippen LogP contribution is -2.22. The summed E-state index contributed by atoms with van der Waals surface area (Å²) in [6, 6.07) is 6.21. The molecule has 0 saturated heterocycles. The van der Waals surface area contributed by atoms with E-state index >= 15 is 0 Å². The molecule has 3 rings (SSSR count). The largest absolute Gasteiger partial charge is 0.477 e. The molecule has 2 aromatic carbocycles. The van der Waals surface area contributed by atoms with Gasteiger partial charge >= 0.3 is 0 Å². The highest BCUT2D eigenvalue weighted by atomic mass is 35.5. The van der Waals surface area contributed by atoms with E-state index in [1.807, 2.05) is 0 Å². The van der Waals surface area contributed by atoms with Gasteiger partial charge in [-0.2, -0.15) is 8.78 Å². The molecule has 3 aromatic rings. The number of anilines is 1. The topological polar surface area (TPSA) is 77.2 Å². The Bertz CT molecular complexity index is 1010. The van der Waals surface area contributed by atoms with E-state index in [9.17, 15) is 26.7 Å². The molecular weight excluding hydrogens is 413 g/mol. The smallest absolute Gasteiger partial charge is 0.263 e. The fourth-order valence-electron chi connectivity index (χ4n) is 2.09. The van der Waals surface area contributed by atoms with Gasteiger partial charge in [-0.05, 0) is 22.4 Å². The number of carbonyl (C=O) groups is 1. The molecule has 0 fully saturated rings. The number of amides is 1. The number of aromatic nitrogens is 2. The third kappa shape index (κ3) is 3.74. The molecule has 1 heterocycles. The molecule has 0 aliphatic rings. The number of hydrogen-bond donors (Lipinski definition) is 1. The zero-order chi connectivity index (χ0) is 20.4. The maximum Gasteiger partial charge on any atom is 0.263 e. The molecular formula is C16H7ClF5N3O3. The molecule has 0 aliphatic carbocycles. The van der Waals surface area contributed by atoms with Gasteiger partial charge in [0.05, 0.1) is 0 Å². The van der Waals surface area contributed by atoms with Crippen LogP contribution in [0.25, 0.3) is 11.3 Å². The number of ether oxygens (including phenoxy) is 1. The molecule has 12 heteroatoms. The summed E-state index contributed by atoms with van der Waals surface area (Å²) in [4.78, 5) is 11.9. The summed E-state index contributed by atoms with van der Waals surface area (Å²) >= 11 is 5.77. The molecule has 0 atom stereocenters. The van der Waals surface area contributed by atoms with Crippen molar-refractivity contribution in [2.75, 3.05) is 11.9 Å². The molecule has 1 N–H and O–H groups in total. The van der Waals surface area contributed by atoms with Crippen LogP contribution in [0.2, 0.25) is 5.02 Å². The Kier molecular flexibility index (Phi) is 5.45. The second-order valence-corrected chi connectivity index (χ2v) is 5.64. The van der Waals surface area contributed by atoms with Crippen LogP contribution in [0.3, 0.4) is 0 Å². The van der Waals surface area contributed by atoms with Crippen LogP contribution in [-0.4, -0.2) is 22.8 Å². The highest BCUT2D eigenvalue weighted by Crippen LogP contribution is 2.29. The summed E-state index contributed by atoms with van der Waals surface area (Å²) in [5.41, 5.74) is 0.586. The first kappa shape index (κ1) is 19.5. The molecule has 0 radical (unpaired) electrons. The zero-order valence-corrected chi connectivity index (χ0v) is 14.2. The summed E-state index contributed by atoms with van der Waals surface area (Å²) in [5, 5.41) is 9.69. The van der Waals surface area contributed by atoms with Gasteiger partial charge in [0.1, 0.15) is 0 Å². The van der Waals surface area contributed by atoms with Crippen molar-refractivity contribution >= 4 is 23.3 Å². The fourth-order valence-corrected chi connectivity index (χ4v) is 2.21. The van der Waals surface area contributed by atoms with Gasteiger partial charge in [0.25, 0.3) is 5.91 Å². The highest BCUT2D eigenvalue weighted by molar-refractivity contribution is 6.30. The standard InChI is InChI=1S/C16H7ClF5N3O3/c17-7-3-1-6(2-4-7)14-16(25-28-24-14)23-8(26)5-27-15-12(21)10(19)9(18)11(20)13(15)22/h1-4H,5H2,(H,23,25,26). The van der Waals surface area contributed by atoms with Crippen LogP contribution in [0.4, 0.5) is 27.8 Å². The molecule has 146 valence electrons. The molecule has 0 unspecified atom stereocenters. The Morgan fingerprint density at radius 1 is 0.964 bits per heavy atom. The second kappa shape index (κ2) is 7.80. The van der Waals surface area contributed by atoms with E-state index in [1.54, 1.807) is 24.3 Å². The minimum absolute atomic E-state index is 0.112. The quantitative estimate of drug-likeness (QED) is 0.383. The van der Waals surface area contributed by atoms with E-state index < -0.39 is 47.3 Å². The van der Waals surface area contributed by atoms with Gasteiger partial charge in [0, 0.05) is 10.6 Å². The number of benzene rings is 2. The maximum atomic E-state index is 13.5. The average Bonchev–Trinajstić information content (AvgIpc) is 3.13. The van der Waals surface area contributed by atoms with Gasteiger partial charge in [-0.25, -0.2) is 17.8 Å². The minimum Gasteiger partial charge on any atom is -0.477 e. The van der Waals surface area contributed by atoms with Crippen molar-refractivity contribution in [1.82, 2.24) is 10.3 Å². The Morgan fingerprint density at radius 3 is 2.14 bits per heavy atom. The predicted molar refractivity (Wildman–Crippen MR) is 85.1 cm³/mol. The average molecular weight is 420 g/mol. The van der Waals surface area contributed by atoms with E-state index in [2.05, 4.69) is 25.0 Å². The van der Waals surface area contributed by atoms with Gasteiger partial charge in [-0.15, -0.1) is 0 Å². The highest BCUT2D eigenvalue weighted by Gasteiger charge is 2.27. The van der Waals surface area contributed by atoms with E-state index in [4.69, 9.17) is 11.6 Å². The number of nitrogens with one attached hydrogen (secondary N) is 1. The second-order valence-electron chi connectivity index (χ2n) is 5.20. The molecule has 6 nitrogen and oxygen atoms in total. The lowest BCUT2D eigenvalue weighted by Gasteiger charge is -2.10. The first-order valence-electron chi connectivity index (χ1n) is 7.32. The minimum atomic E-state index is -2.34. The van der Waals surface area contributed by atoms with Crippen molar-refractivity contribution in [3.05, 3.63) is 58.4 Å². The monoisotopic (exact) mass is 419 g/mol. The van der Waals surface area contributed by atoms with E-state index in [0.29, 0.717) is 10.6 Å². The summed E-state index contributed by atoms with van der Waals surface area (Å²) in [7, 11) is 0. The van der Waals surface area contributed by atoms with Gasteiger partial charge in [0.2, 0.25) is 34.9 Å². The molecule has 1 amide bonds. The van der Waals surface area contributed by atoms with Gasteiger partial charge in [0.15, 0.2) is 18.1 Å². The van der Waals surface area contributed by atoms with Crippen molar-refractivity contribution in [3.8, 4) is 17.0 Å². The number of rotatable bonds is 5. The van der Waals surface area contributed by atoms with Crippen molar-refractivity contribution < 1.29 is 36.1 Å². The van der Waals surface area contributed by atoms with Crippen LogP contribution in [0.1, 0.15) is 0 Å². The lowest BCUT2D eigenvalue weighted by atomic mass is 10.1. The fraction of sp³-hybridized carbons (Fsp3) is 0.0625. The lowest BCUT2D eigenvalue weighted by molar-refractivity contribution is -0.118. The van der Waals surface area contributed by atoms with Crippen LogP contribution >= 0.6 is 11.6 Å². The van der Waals surface area contributed by atoms with Crippen LogP contribution < -0.4 is 10.1 Å². The predicted octanol–water partition coefficient (Wildman–Crippen LogP) is 4.10. The van der Waals surface area contributed by atoms with E-state index in [-0.39, 0.29) is 11.5 Å². The molecule has 0 aliphatic heterocycles. The van der Waals surface area contributed by atoms with Gasteiger partial charge < -0.3 is 10.1 Å². The Balaban J connectivity index is 1.73. The van der Waals surface area contributed by atoms with Crippen molar-refractivity contribution in [2.24, 2.45) is 0 Å². The van der Waals surface area contributed by atoms with E-state index in [1.165, 1.54) is 0 Å². The summed E-state index contributed by atoms with van der Waals surface area (Å²) in [6.07, 6.45) is 0. The number of carbonyl (C=O) groups excluding carboxylic acids is 1. The third-order valence-electron chi connectivity index (χ3n) is 3.38. The van der Waals surface area contributed by atoms with Crippen LogP contribution in [0, 0.1) is 29.1 Å². The number of halogens is 6. The Morgan fingerprint density at radius 2 is 1.54 bits per heavy atom. The number of hydrogen-bond acceptors (Lipinski definition) is 5. The van der Waals surface area contributed by atoms with Crippen LogP contribution in [-0.2, 0) is 4.79 Å². The van der Waals surface area contributed by atoms with Gasteiger partial charge in [-0.1, -0.05) is 23.7 Å². The molecule has 1 aromatic heterocycles. The van der Waals surface area contributed by atoms with Crippen LogP contribution in [0.15, 0.2) is 28.9 Å². The molecule has 0 spiro atoms. The first-order valence-corrected chi connectivity index (χ1v) is 7.70. The summed E-state index contributed by atoms with van der Waals surface area (Å²) in [6.45, 7) is -1.08. The Hall–Kier alpha value is -3.21. The van der Waals surface area contributed by atoms with Crippen molar-refractivity contribution in [3.63, 3.8) is 0 Å². The van der Waals surface area contributed by atoms with Crippen molar-refractivity contribution in [2.45, 2.75) is 0 Å². The Labute approximate surface area is 157 Å². The molecule has 0 bridgehead atoms. The summed E-state index contributed by atoms with van der Waals surface area (Å²) < 4.78 is 75.2. The molecule has 28 heavy (non-hydrogen) atoms.